The Hall–Kier alpha value is -2.65. The third-order valence-electron chi connectivity index (χ3n) is 2.92. The Morgan fingerprint density at radius 1 is 1.45 bits per heavy atom. The lowest BCUT2D eigenvalue weighted by Crippen LogP contribution is -2.13. The van der Waals surface area contributed by atoms with Gasteiger partial charge in [-0.15, -0.1) is 11.3 Å². The summed E-state index contributed by atoms with van der Waals surface area (Å²) in [6.45, 7) is 1.96. The Bertz CT molecular complexity index is 840. The van der Waals surface area contributed by atoms with Gasteiger partial charge in [-0.25, -0.2) is 4.98 Å². The predicted molar refractivity (Wildman–Crippen MR) is 76.9 cm³/mol. The number of nitriles is 1. The van der Waals surface area contributed by atoms with Crippen LogP contribution in [0.2, 0.25) is 0 Å². The largest absolute Gasteiger partial charge is 0.319 e. The van der Waals surface area contributed by atoms with Crippen molar-refractivity contribution in [2.45, 2.75) is 6.92 Å². The molecule has 0 aliphatic heterocycles. The number of hydrogen-bond acceptors (Lipinski definition) is 4. The minimum absolute atomic E-state index is 0.317. The van der Waals surface area contributed by atoms with Crippen LogP contribution in [0.25, 0.3) is 4.96 Å². The zero-order valence-corrected chi connectivity index (χ0v) is 11.4. The lowest BCUT2D eigenvalue weighted by atomic mass is 10.2. The fraction of sp³-hybridized carbons (Fsp3) is 0.0714. The summed E-state index contributed by atoms with van der Waals surface area (Å²) in [5.74, 6) is -0.317. The van der Waals surface area contributed by atoms with E-state index in [2.05, 4.69) is 10.3 Å². The first-order valence-corrected chi connectivity index (χ1v) is 6.80. The molecule has 20 heavy (non-hydrogen) atoms. The molecule has 0 fully saturated rings. The Morgan fingerprint density at radius 2 is 2.25 bits per heavy atom. The molecule has 2 heterocycles. The maximum atomic E-state index is 12.2. The van der Waals surface area contributed by atoms with E-state index < -0.39 is 0 Å². The van der Waals surface area contributed by atoms with Gasteiger partial charge in [-0.05, 0) is 19.1 Å². The molecule has 98 valence electrons. The van der Waals surface area contributed by atoms with Crippen LogP contribution in [0.1, 0.15) is 21.7 Å². The van der Waals surface area contributed by atoms with Gasteiger partial charge in [-0.3, -0.25) is 9.20 Å². The molecule has 0 aliphatic carbocycles. The minimum Gasteiger partial charge on any atom is -0.319 e. The molecule has 0 aliphatic rings. The number of hydrogen-bond donors (Lipinski definition) is 1. The van der Waals surface area contributed by atoms with Crippen molar-refractivity contribution in [2.24, 2.45) is 0 Å². The number of benzene rings is 1. The van der Waals surface area contributed by atoms with Crippen LogP contribution < -0.4 is 5.32 Å². The van der Waals surface area contributed by atoms with Crippen LogP contribution in [0.3, 0.4) is 0 Å². The molecule has 0 radical (unpaired) electrons. The molecule has 0 atom stereocenters. The van der Waals surface area contributed by atoms with Crippen molar-refractivity contribution in [2.75, 3.05) is 5.32 Å². The summed E-state index contributed by atoms with van der Waals surface area (Å²) in [6.07, 6.45) is 1.70. The van der Waals surface area contributed by atoms with Crippen molar-refractivity contribution < 1.29 is 4.79 Å². The molecule has 3 aromatic rings. The number of thiazole rings is 1. The first-order chi connectivity index (χ1) is 9.69. The molecule has 0 saturated carbocycles. The molecule has 6 heteroatoms. The van der Waals surface area contributed by atoms with Crippen molar-refractivity contribution >= 4 is 27.9 Å². The number of imidazole rings is 1. The van der Waals surface area contributed by atoms with Gasteiger partial charge in [0, 0.05) is 17.3 Å². The monoisotopic (exact) mass is 282 g/mol. The van der Waals surface area contributed by atoms with Crippen LogP contribution in [0.15, 0.2) is 35.8 Å². The Morgan fingerprint density at radius 3 is 3.00 bits per heavy atom. The van der Waals surface area contributed by atoms with Gasteiger partial charge in [0.1, 0.15) is 11.8 Å². The van der Waals surface area contributed by atoms with Crippen LogP contribution in [0.5, 0.6) is 0 Å². The summed E-state index contributed by atoms with van der Waals surface area (Å²) in [6, 6.07) is 8.92. The third-order valence-corrected chi connectivity index (χ3v) is 3.87. The van der Waals surface area contributed by atoms with Gasteiger partial charge in [-0.2, -0.15) is 5.26 Å². The highest BCUT2D eigenvalue weighted by atomic mass is 32.1. The number of rotatable bonds is 2. The molecule has 5 nitrogen and oxygen atoms in total. The van der Waals surface area contributed by atoms with E-state index in [1.807, 2.05) is 22.8 Å². The number of para-hydroxylation sites is 1. The Balaban J connectivity index is 1.91. The van der Waals surface area contributed by atoms with E-state index in [1.54, 1.807) is 30.5 Å². The normalized spacial score (nSPS) is 10.4. The zero-order valence-electron chi connectivity index (χ0n) is 10.6. The first kappa shape index (κ1) is 12.4. The van der Waals surface area contributed by atoms with Crippen LogP contribution in [0, 0.1) is 18.3 Å². The van der Waals surface area contributed by atoms with Crippen molar-refractivity contribution in [3.8, 4) is 6.07 Å². The lowest BCUT2D eigenvalue weighted by Gasteiger charge is -2.04. The first-order valence-electron chi connectivity index (χ1n) is 5.92. The summed E-state index contributed by atoms with van der Waals surface area (Å²) in [4.78, 5) is 17.2. The SMILES string of the molecule is Cc1csc2nc(C(=O)Nc3ccccc3C#N)cn12. The number of aromatic nitrogens is 2. The van der Waals surface area contributed by atoms with Crippen LogP contribution in [-0.4, -0.2) is 15.3 Å². The quantitative estimate of drug-likeness (QED) is 0.785. The van der Waals surface area contributed by atoms with E-state index in [-0.39, 0.29) is 5.91 Å². The summed E-state index contributed by atoms with van der Waals surface area (Å²) < 4.78 is 1.87. The molecule has 1 amide bonds. The summed E-state index contributed by atoms with van der Waals surface area (Å²) >= 11 is 1.49. The molecular formula is C14H10N4OS. The summed E-state index contributed by atoms with van der Waals surface area (Å²) in [5, 5.41) is 13.7. The summed E-state index contributed by atoms with van der Waals surface area (Å²) in [5.41, 5.74) is 2.30. The molecule has 0 spiro atoms. The van der Waals surface area contributed by atoms with E-state index in [1.165, 1.54) is 11.3 Å². The highest BCUT2D eigenvalue weighted by molar-refractivity contribution is 7.15. The molecule has 0 saturated heterocycles. The molecule has 1 aromatic carbocycles. The van der Waals surface area contributed by atoms with Crippen molar-refractivity contribution in [3.05, 3.63) is 52.8 Å². The van der Waals surface area contributed by atoms with Crippen LogP contribution >= 0.6 is 11.3 Å². The molecular weight excluding hydrogens is 272 g/mol. The average molecular weight is 282 g/mol. The highest BCUT2D eigenvalue weighted by Gasteiger charge is 2.14. The number of amides is 1. The van der Waals surface area contributed by atoms with Gasteiger partial charge in [0.25, 0.3) is 5.91 Å². The van der Waals surface area contributed by atoms with Gasteiger partial charge in [0.05, 0.1) is 11.3 Å². The van der Waals surface area contributed by atoms with E-state index in [0.717, 1.165) is 10.7 Å². The van der Waals surface area contributed by atoms with Gasteiger partial charge in [0.2, 0.25) is 0 Å². The smallest absolute Gasteiger partial charge is 0.275 e. The second-order valence-corrected chi connectivity index (χ2v) is 5.10. The van der Waals surface area contributed by atoms with Gasteiger partial charge in [-0.1, -0.05) is 12.1 Å². The molecule has 0 bridgehead atoms. The molecule has 1 N–H and O–H groups in total. The maximum absolute atomic E-state index is 12.2. The van der Waals surface area contributed by atoms with E-state index in [0.29, 0.717) is 16.9 Å². The second-order valence-electron chi connectivity index (χ2n) is 4.27. The fourth-order valence-electron chi connectivity index (χ4n) is 1.88. The van der Waals surface area contributed by atoms with Gasteiger partial charge < -0.3 is 5.32 Å². The van der Waals surface area contributed by atoms with Crippen LogP contribution in [0.4, 0.5) is 5.69 Å². The van der Waals surface area contributed by atoms with Gasteiger partial charge in [0.15, 0.2) is 4.96 Å². The van der Waals surface area contributed by atoms with Crippen molar-refractivity contribution in [1.82, 2.24) is 9.38 Å². The second kappa shape index (κ2) is 4.79. The number of carbonyl (C=O) groups excluding carboxylic acids is 1. The van der Waals surface area contributed by atoms with Crippen molar-refractivity contribution in [3.63, 3.8) is 0 Å². The highest BCUT2D eigenvalue weighted by Crippen LogP contribution is 2.18. The minimum atomic E-state index is -0.317. The topological polar surface area (TPSA) is 70.2 Å². The third kappa shape index (κ3) is 2.04. The molecule has 2 aromatic heterocycles. The van der Waals surface area contributed by atoms with Crippen LogP contribution in [-0.2, 0) is 0 Å². The van der Waals surface area contributed by atoms with E-state index in [9.17, 15) is 4.79 Å². The lowest BCUT2D eigenvalue weighted by molar-refractivity contribution is 0.102. The standard InChI is InChI=1S/C14H10N4OS/c1-9-8-20-14-17-12(7-18(9)14)13(19)16-11-5-3-2-4-10(11)6-15/h2-5,7-8H,1H3,(H,16,19). The Kier molecular flexibility index (Phi) is 2.97. The number of aryl methyl sites for hydroxylation is 1. The number of nitrogens with one attached hydrogen (secondary N) is 1. The summed E-state index contributed by atoms with van der Waals surface area (Å²) in [7, 11) is 0. The molecule has 0 unspecified atom stereocenters. The maximum Gasteiger partial charge on any atom is 0.275 e. The number of carbonyl (C=O) groups is 1. The number of fused-ring (bicyclic) bond motifs is 1. The van der Waals surface area contributed by atoms with E-state index >= 15 is 0 Å². The van der Waals surface area contributed by atoms with E-state index in [4.69, 9.17) is 5.26 Å². The van der Waals surface area contributed by atoms with Crippen molar-refractivity contribution in [1.29, 1.82) is 5.26 Å². The zero-order chi connectivity index (χ0) is 14.1. The number of nitrogens with zero attached hydrogens (tertiary/aromatic N) is 3. The van der Waals surface area contributed by atoms with Gasteiger partial charge >= 0.3 is 0 Å². The Labute approximate surface area is 119 Å². The predicted octanol–water partition coefficient (Wildman–Crippen LogP) is 2.83. The fourth-order valence-corrected chi connectivity index (χ4v) is 2.73. The molecule has 3 rings (SSSR count). The number of anilines is 1. The average Bonchev–Trinajstić information content (AvgIpc) is 3.02.